The van der Waals surface area contributed by atoms with Gasteiger partial charge in [-0.1, -0.05) is 0 Å². The highest BCUT2D eigenvalue weighted by molar-refractivity contribution is 6.04. The maximum Gasteiger partial charge on any atom is 0.418 e. The number of benzene rings is 1. The lowest BCUT2D eigenvalue weighted by Gasteiger charge is -2.37. The number of halogens is 3. The van der Waals surface area contributed by atoms with Gasteiger partial charge in [-0.25, -0.2) is 0 Å². The molecule has 1 fully saturated rings. The first-order chi connectivity index (χ1) is 13.7. The first-order valence-corrected chi connectivity index (χ1v) is 8.61. The van der Waals surface area contributed by atoms with Crippen LogP contribution in [-0.4, -0.2) is 48.9 Å². The number of nitrogens with zero attached hydrogens (tertiary/aromatic N) is 2. The lowest BCUT2D eigenvalue weighted by Crippen LogP contribution is -2.49. The second-order valence-corrected chi connectivity index (χ2v) is 6.35. The summed E-state index contributed by atoms with van der Waals surface area (Å²) in [6.07, 6.45) is -3.31. The van der Waals surface area contributed by atoms with Gasteiger partial charge < -0.3 is 20.0 Å². The molecule has 0 aliphatic carbocycles. The number of rotatable bonds is 3. The standard InChI is InChI=1S/C18H18F3N5O3/c19-18(20,21)12-10-11(15(27)24-17(22)23)3-4-13(12)25-5-7-26(8-6-25)16(28)14-2-1-9-29-14/h1-4,9-10H,5-8H2,(H4,22,23,24,27). The number of piperazine rings is 1. The first-order valence-electron chi connectivity index (χ1n) is 8.61. The largest absolute Gasteiger partial charge is 0.459 e. The Kier molecular flexibility index (Phi) is 5.48. The number of amides is 2. The molecule has 0 spiro atoms. The number of guanidine groups is 1. The van der Waals surface area contributed by atoms with Crippen LogP contribution < -0.4 is 16.0 Å². The highest BCUT2D eigenvalue weighted by Crippen LogP contribution is 2.37. The van der Waals surface area contributed by atoms with Crippen LogP contribution in [0.1, 0.15) is 26.5 Å². The summed E-state index contributed by atoms with van der Waals surface area (Å²) in [5, 5.41) is 8.99. The van der Waals surface area contributed by atoms with Crippen molar-refractivity contribution in [3.8, 4) is 0 Å². The van der Waals surface area contributed by atoms with E-state index in [0.717, 1.165) is 6.07 Å². The van der Waals surface area contributed by atoms with Crippen molar-refractivity contribution in [3.63, 3.8) is 0 Å². The van der Waals surface area contributed by atoms with E-state index in [2.05, 4.69) is 0 Å². The van der Waals surface area contributed by atoms with Crippen molar-refractivity contribution in [3.05, 3.63) is 53.5 Å². The summed E-state index contributed by atoms with van der Waals surface area (Å²) >= 11 is 0. The maximum absolute atomic E-state index is 13.6. The summed E-state index contributed by atoms with van der Waals surface area (Å²) in [6, 6.07) is 6.29. The van der Waals surface area contributed by atoms with Gasteiger partial charge in [-0.05, 0) is 30.3 Å². The Bertz CT molecular complexity index is 919. The Balaban J connectivity index is 1.79. The molecule has 1 aromatic heterocycles. The topological polar surface area (TPSA) is 116 Å². The van der Waals surface area contributed by atoms with Crippen molar-refractivity contribution in [1.82, 2.24) is 10.2 Å². The SMILES string of the molecule is N=C(N)NC(=O)c1ccc(N2CCN(C(=O)c3ccco3)CC2)c(C(F)(F)F)c1. The van der Waals surface area contributed by atoms with Crippen LogP contribution in [0.5, 0.6) is 0 Å². The summed E-state index contributed by atoms with van der Waals surface area (Å²) in [5.74, 6) is -1.70. The van der Waals surface area contributed by atoms with Crippen molar-refractivity contribution in [1.29, 1.82) is 5.41 Å². The molecule has 29 heavy (non-hydrogen) atoms. The Morgan fingerprint density at radius 3 is 2.38 bits per heavy atom. The predicted molar refractivity (Wildman–Crippen MR) is 97.6 cm³/mol. The number of nitrogens with two attached hydrogens (primary N) is 1. The van der Waals surface area contributed by atoms with E-state index in [1.54, 1.807) is 6.07 Å². The number of alkyl halides is 3. The molecule has 0 unspecified atom stereocenters. The molecule has 1 aliphatic rings. The van der Waals surface area contributed by atoms with Crippen LogP contribution in [0, 0.1) is 5.41 Å². The van der Waals surface area contributed by atoms with Crippen LogP contribution in [0.4, 0.5) is 18.9 Å². The second-order valence-electron chi connectivity index (χ2n) is 6.35. The van der Waals surface area contributed by atoms with Gasteiger partial charge in [-0.3, -0.25) is 20.3 Å². The van der Waals surface area contributed by atoms with Crippen molar-refractivity contribution in [2.75, 3.05) is 31.1 Å². The van der Waals surface area contributed by atoms with E-state index < -0.39 is 23.6 Å². The zero-order chi connectivity index (χ0) is 21.2. The third-order valence-corrected chi connectivity index (χ3v) is 4.45. The molecule has 154 valence electrons. The molecular weight excluding hydrogens is 391 g/mol. The molecule has 0 bridgehead atoms. The minimum Gasteiger partial charge on any atom is -0.459 e. The normalized spacial score (nSPS) is 14.6. The van der Waals surface area contributed by atoms with Crippen molar-refractivity contribution < 1.29 is 27.2 Å². The summed E-state index contributed by atoms with van der Waals surface area (Å²) in [4.78, 5) is 27.2. The fourth-order valence-electron chi connectivity index (χ4n) is 3.08. The molecule has 0 radical (unpaired) electrons. The van der Waals surface area contributed by atoms with Crippen molar-refractivity contribution >= 4 is 23.5 Å². The lowest BCUT2D eigenvalue weighted by atomic mass is 10.1. The van der Waals surface area contributed by atoms with Crippen molar-refractivity contribution in [2.24, 2.45) is 5.73 Å². The molecule has 4 N–H and O–H groups in total. The number of hydrogen-bond acceptors (Lipinski definition) is 5. The minimum atomic E-state index is -4.69. The summed E-state index contributed by atoms with van der Waals surface area (Å²) < 4.78 is 45.9. The van der Waals surface area contributed by atoms with Gasteiger partial charge in [0.2, 0.25) is 0 Å². The number of furan rings is 1. The van der Waals surface area contributed by atoms with Gasteiger partial charge in [0, 0.05) is 37.4 Å². The van der Waals surface area contributed by atoms with Crippen LogP contribution in [0.15, 0.2) is 41.0 Å². The average molecular weight is 409 g/mol. The maximum atomic E-state index is 13.6. The van der Waals surface area contributed by atoms with Gasteiger partial charge >= 0.3 is 6.18 Å². The fraction of sp³-hybridized carbons (Fsp3) is 0.278. The number of nitrogens with one attached hydrogen (secondary N) is 2. The third-order valence-electron chi connectivity index (χ3n) is 4.45. The average Bonchev–Trinajstić information content (AvgIpc) is 3.20. The zero-order valence-electron chi connectivity index (χ0n) is 15.1. The second kappa shape index (κ2) is 7.86. The van der Waals surface area contributed by atoms with Crippen LogP contribution in [0.2, 0.25) is 0 Å². The molecular formula is C18H18F3N5O3. The fourth-order valence-corrected chi connectivity index (χ4v) is 3.08. The number of hydrogen-bond donors (Lipinski definition) is 3. The van der Waals surface area contributed by atoms with E-state index in [9.17, 15) is 22.8 Å². The molecule has 1 aromatic carbocycles. The summed E-state index contributed by atoms with van der Waals surface area (Å²) in [6.45, 7) is 0.829. The summed E-state index contributed by atoms with van der Waals surface area (Å²) in [7, 11) is 0. The molecule has 0 atom stereocenters. The molecule has 0 saturated carbocycles. The Morgan fingerprint density at radius 2 is 1.83 bits per heavy atom. The van der Waals surface area contributed by atoms with Gasteiger partial charge in [-0.15, -0.1) is 0 Å². The van der Waals surface area contributed by atoms with E-state index >= 15 is 0 Å². The molecule has 8 nitrogen and oxygen atoms in total. The van der Waals surface area contributed by atoms with E-state index in [1.165, 1.54) is 34.3 Å². The predicted octanol–water partition coefficient (Wildman–Crippen LogP) is 1.88. The molecule has 2 aromatic rings. The van der Waals surface area contributed by atoms with Gasteiger partial charge in [0.15, 0.2) is 11.7 Å². The van der Waals surface area contributed by atoms with Crippen LogP contribution in [0.3, 0.4) is 0 Å². The van der Waals surface area contributed by atoms with Crippen LogP contribution >= 0.6 is 0 Å². The highest BCUT2D eigenvalue weighted by atomic mass is 19.4. The smallest absolute Gasteiger partial charge is 0.418 e. The molecule has 1 aliphatic heterocycles. The molecule has 1 saturated heterocycles. The van der Waals surface area contributed by atoms with Gasteiger partial charge in [0.25, 0.3) is 11.8 Å². The Morgan fingerprint density at radius 1 is 1.14 bits per heavy atom. The lowest BCUT2D eigenvalue weighted by molar-refractivity contribution is -0.137. The van der Waals surface area contributed by atoms with Crippen LogP contribution in [-0.2, 0) is 6.18 Å². The first kappa shape index (κ1) is 20.2. The number of carbonyl (C=O) groups excluding carboxylic acids is 2. The molecule has 3 rings (SSSR count). The van der Waals surface area contributed by atoms with Gasteiger partial charge in [-0.2, -0.15) is 13.2 Å². The van der Waals surface area contributed by atoms with E-state index in [-0.39, 0.29) is 49.1 Å². The zero-order valence-corrected chi connectivity index (χ0v) is 15.1. The minimum absolute atomic E-state index is 0.0815. The van der Waals surface area contributed by atoms with Crippen LogP contribution in [0.25, 0.3) is 0 Å². The highest BCUT2D eigenvalue weighted by Gasteiger charge is 2.36. The Labute approximate surface area is 163 Å². The monoisotopic (exact) mass is 409 g/mol. The molecule has 2 heterocycles. The number of carbonyl (C=O) groups is 2. The van der Waals surface area contributed by atoms with E-state index in [1.807, 2.05) is 5.32 Å². The number of anilines is 1. The molecule has 2 amide bonds. The Hall–Kier alpha value is -3.50. The van der Waals surface area contributed by atoms with Gasteiger partial charge in [0.1, 0.15) is 0 Å². The molecule has 11 heteroatoms. The van der Waals surface area contributed by atoms with Crippen molar-refractivity contribution in [2.45, 2.75) is 6.18 Å². The van der Waals surface area contributed by atoms with Gasteiger partial charge in [0.05, 0.1) is 11.8 Å². The van der Waals surface area contributed by atoms with E-state index in [4.69, 9.17) is 15.6 Å². The third kappa shape index (κ3) is 4.50. The quantitative estimate of drug-likeness (QED) is 0.529. The summed E-state index contributed by atoms with van der Waals surface area (Å²) in [5.41, 5.74) is 3.74. The van der Waals surface area contributed by atoms with E-state index in [0.29, 0.717) is 0 Å².